The molecule has 0 spiro atoms. The predicted octanol–water partition coefficient (Wildman–Crippen LogP) is 6.42. The van der Waals surface area contributed by atoms with Crippen LogP contribution in [0, 0.1) is 31.6 Å². The number of phenolic OH excluding ortho intramolecular Hbond substituents is 1. The molecule has 0 saturated carbocycles. The van der Waals surface area contributed by atoms with E-state index in [1.54, 1.807) is 12.1 Å². The average Bonchev–Trinajstić information content (AvgIpc) is 3.21. The Balaban J connectivity index is 1.78. The minimum Gasteiger partial charge on any atom is -0.502 e. The van der Waals surface area contributed by atoms with Crippen molar-refractivity contribution in [2.24, 2.45) is 16.3 Å². The normalized spacial score (nSPS) is 15.4. The Labute approximate surface area is 217 Å². The highest BCUT2D eigenvalue weighted by Gasteiger charge is 2.34. The van der Waals surface area contributed by atoms with E-state index in [-0.39, 0.29) is 16.9 Å². The first-order chi connectivity index (χ1) is 17.5. The van der Waals surface area contributed by atoms with Crippen molar-refractivity contribution in [3.8, 4) is 5.75 Å². The number of non-ortho nitro benzene ring substituents is 1. The van der Waals surface area contributed by atoms with Gasteiger partial charge in [-0.2, -0.15) is 0 Å². The molecule has 192 valence electrons. The lowest BCUT2D eigenvalue weighted by molar-refractivity contribution is -0.394. The van der Waals surface area contributed by atoms with Crippen LogP contribution in [0.25, 0.3) is 0 Å². The second-order valence-corrected chi connectivity index (χ2v) is 11.1. The molecule has 1 aliphatic carbocycles. The Morgan fingerprint density at radius 2 is 1.86 bits per heavy atom. The molecule has 2 aromatic carbocycles. The molecule has 1 heterocycles. The van der Waals surface area contributed by atoms with E-state index >= 15 is 0 Å². The third-order valence-corrected chi connectivity index (χ3v) is 7.72. The number of amides is 1. The number of rotatable bonds is 6. The molecule has 0 saturated heterocycles. The van der Waals surface area contributed by atoms with Gasteiger partial charge in [0.25, 0.3) is 11.6 Å². The SMILES string of the molecule is CC(C)(C)[C@H]1CCc2c(sc(N=Cc3cc([N+](=O)[O-])cc([N+](=O)[O-])c3O)c2C(=O)Nc2ccccc2)C1. The predicted molar refractivity (Wildman–Crippen MR) is 142 cm³/mol. The number of hydrogen-bond acceptors (Lipinski definition) is 8. The van der Waals surface area contributed by atoms with Gasteiger partial charge in [0.15, 0.2) is 0 Å². The lowest BCUT2D eigenvalue weighted by atomic mass is 9.72. The molecule has 0 unspecified atom stereocenters. The summed E-state index contributed by atoms with van der Waals surface area (Å²) in [5.41, 5.74) is 0.507. The molecule has 0 aliphatic heterocycles. The number of aromatic hydroxyl groups is 1. The molecule has 10 nitrogen and oxygen atoms in total. The number of para-hydroxylation sites is 1. The number of fused-ring (bicyclic) bond motifs is 1. The van der Waals surface area contributed by atoms with E-state index in [0.29, 0.717) is 34.7 Å². The van der Waals surface area contributed by atoms with Crippen molar-refractivity contribution in [1.29, 1.82) is 0 Å². The number of carbonyl (C=O) groups excluding carboxylic acids is 1. The summed E-state index contributed by atoms with van der Waals surface area (Å²) in [5.74, 6) is -0.646. The molecule has 11 heteroatoms. The molecule has 1 aliphatic rings. The van der Waals surface area contributed by atoms with Crippen molar-refractivity contribution < 1.29 is 19.7 Å². The zero-order valence-electron chi connectivity index (χ0n) is 20.6. The van der Waals surface area contributed by atoms with Crippen LogP contribution in [-0.4, -0.2) is 27.1 Å². The Morgan fingerprint density at radius 1 is 1.16 bits per heavy atom. The second-order valence-electron chi connectivity index (χ2n) is 9.98. The van der Waals surface area contributed by atoms with Crippen molar-refractivity contribution >= 4 is 45.5 Å². The van der Waals surface area contributed by atoms with Gasteiger partial charge in [-0.05, 0) is 48.3 Å². The standard InChI is InChI=1S/C26H26N4O6S/c1-26(2,3)16-9-10-19-21(12-16)37-25(22(19)24(32)28-17-7-5-4-6-8-17)27-14-15-11-18(29(33)34)13-20(23(15)31)30(35)36/h4-8,11,13-14,16,31H,9-10,12H2,1-3H3,(H,28,32)/t16-/m0/s1. The number of nitrogens with one attached hydrogen (secondary N) is 1. The van der Waals surface area contributed by atoms with E-state index in [1.165, 1.54) is 11.3 Å². The fourth-order valence-electron chi connectivity index (χ4n) is 4.45. The van der Waals surface area contributed by atoms with E-state index in [0.717, 1.165) is 35.6 Å². The summed E-state index contributed by atoms with van der Waals surface area (Å²) < 4.78 is 0. The van der Waals surface area contributed by atoms with Gasteiger partial charge in [0.1, 0.15) is 5.00 Å². The largest absolute Gasteiger partial charge is 0.502 e. The Kier molecular flexibility index (Phi) is 7.08. The number of hydrogen-bond donors (Lipinski definition) is 2. The summed E-state index contributed by atoms with van der Waals surface area (Å²) in [5, 5.41) is 36.2. The number of nitrogens with zero attached hydrogens (tertiary/aromatic N) is 3. The molecule has 37 heavy (non-hydrogen) atoms. The van der Waals surface area contributed by atoms with E-state index in [1.807, 2.05) is 18.2 Å². The third kappa shape index (κ3) is 5.51. The fraction of sp³-hybridized carbons (Fsp3) is 0.308. The first kappa shape index (κ1) is 26.0. The zero-order valence-corrected chi connectivity index (χ0v) is 21.4. The summed E-state index contributed by atoms with van der Waals surface area (Å²) in [6.45, 7) is 6.57. The van der Waals surface area contributed by atoms with E-state index < -0.39 is 27.0 Å². The van der Waals surface area contributed by atoms with Gasteiger partial charge in [-0.15, -0.1) is 11.3 Å². The van der Waals surface area contributed by atoms with Gasteiger partial charge in [-0.3, -0.25) is 25.0 Å². The van der Waals surface area contributed by atoms with Crippen LogP contribution in [0.3, 0.4) is 0 Å². The summed E-state index contributed by atoms with van der Waals surface area (Å²) in [7, 11) is 0. The molecule has 1 aromatic heterocycles. The van der Waals surface area contributed by atoms with Crippen LogP contribution < -0.4 is 5.32 Å². The minimum atomic E-state index is -0.894. The summed E-state index contributed by atoms with van der Waals surface area (Å²) in [4.78, 5) is 39.8. The monoisotopic (exact) mass is 522 g/mol. The third-order valence-electron chi connectivity index (χ3n) is 6.56. The first-order valence-corrected chi connectivity index (χ1v) is 12.5. The van der Waals surface area contributed by atoms with E-state index in [9.17, 15) is 30.1 Å². The number of phenols is 1. The molecule has 1 amide bonds. The summed E-state index contributed by atoms with van der Waals surface area (Å²) >= 11 is 1.36. The van der Waals surface area contributed by atoms with Crippen molar-refractivity contribution in [3.05, 3.63) is 84.3 Å². The number of aliphatic imine (C=N–C) groups is 1. The Hall–Kier alpha value is -4.12. The molecule has 0 bridgehead atoms. The number of nitro groups is 2. The van der Waals surface area contributed by atoms with Crippen LogP contribution in [0.2, 0.25) is 0 Å². The highest BCUT2D eigenvalue weighted by Crippen LogP contribution is 2.45. The quantitative estimate of drug-likeness (QED) is 0.217. The molecule has 0 fully saturated rings. The Bertz CT molecular complexity index is 1410. The molecule has 1 atom stereocenters. The van der Waals surface area contributed by atoms with Crippen molar-refractivity contribution in [2.75, 3.05) is 5.32 Å². The first-order valence-electron chi connectivity index (χ1n) is 11.7. The van der Waals surface area contributed by atoms with Gasteiger partial charge in [-0.25, -0.2) is 4.99 Å². The van der Waals surface area contributed by atoms with E-state index in [4.69, 9.17) is 0 Å². The maximum absolute atomic E-state index is 13.4. The van der Waals surface area contributed by atoms with Crippen LogP contribution in [-0.2, 0) is 12.8 Å². The number of thiophene rings is 1. The Morgan fingerprint density at radius 3 is 2.49 bits per heavy atom. The van der Waals surface area contributed by atoms with Crippen LogP contribution in [0.4, 0.5) is 22.1 Å². The van der Waals surface area contributed by atoms with Crippen LogP contribution in [0.1, 0.15) is 53.6 Å². The number of nitro benzene ring substituents is 2. The fourth-order valence-corrected chi connectivity index (χ4v) is 5.72. The van der Waals surface area contributed by atoms with Gasteiger partial charge in [0.05, 0.1) is 21.5 Å². The molecule has 3 aromatic rings. The van der Waals surface area contributed by atoms with Crippen LogP contribution >= 0.6 is 11.3 Å². The number of anilines is 1. The molecule has 0 radical (unpaired) electrons. The summed E-state index contributed by atoms with van der Waals surface area (Å²) in [6.07, 6.45) is 3.54. The smallest absolute Gasteiger partial charge is 0.318 e. The maximum Gasteiger partial charge on any atom is 0.318 e. The molecular weight excluding hydrogens is 496 g/mol. The van der Waals surface area contributed by atoms with Gasteiger partial charge < -0.3 is 10.4 Å². The summed E-state index contributed by atoms with van der Waals surface area (Å²) in [6, 6.07) is 10.7. The lowest BCUT2D eigenvalue weighted by Gasteiger charge is -2.33. The van der Waals surface area contributed by atoms with E-state index in [2.05, 4.69) is 31.1 Å². The van der Waals surface area contributed by atoms with Gasteiger partial charge in [-0.1, -0.05) is 39.0 Å². The number of carbonyl (C=O) groups is 1. The lowest BCUT2D eigenvalue weighted by Crippen LogP contribution is -2.27. The molecule has 2 N–H and O–H groups in total. The van der Waals surface area contributed by atoms with Gasteiger partial charge >= 0.3 is 5.69 Å². The van der Waals surface area contributed by atoms with Crippen LogP contribution in [0.15, 0.2) is 47.5 Å². The van der Waals surface area contributed by atoms with Crippen LogP contribution in [0.5, 0.6) is 5.75 Å². The molecular formula is C26H26N4O6S. The maximum atomic E-state index is 13.4. The topological polar surface area (TPSA) is 148 Å². The van der Waals surface area contributed by atoms with Crippen molar-refractivity contribution in [3.63, 3.8) is 0 Å². The van der Waals surface area contributed by atoms with Crippen molar-refractivity contribution in [1.82, 2.24) is 0 Å². The minimum absolute atomic E-state index is 0.0886. The highest BCUT2D eigenvalue weighted by molar-refractivity contribution is 7.16. The number of benzene rings is 2. The highest BCUT2D eigenvalue weighted by atomic mass is 32.1. The van der Waals surface area contributed by atoms with Gasteiger partial charge in [0.2, 0.25) is 5.75 Å². The average molecular weight is 523 g/mol. The molecule has 4 rings (SSSR count). The second kappa shape index (κ2) is 10.1. The van der Waals surface area contributed by atoms with Gasteiger partial charge in [0, 0.05) is 28.4 Å². The van der Waals surface area contributed by atoms with Crippen molar-refractivity contribution in [2.45, 2.75) is 40.0 Å². The zero-order chi connectivity index (χ0) is 26.9.